The maximum atomic E-state index is 12.2. The highest BCUT2D eigenvalue weighted by Crippen LogP contribution is 2.33. The standard InChI is InChI=1S/C16H25N3O/c1-3-8-17-15-10-12(2)19-11-14(15)16(20)18-9-4-5-13-6-7-13/h10-11,13H,3-9H2,1-2H3,(H,17,19)(H,18,20). The van der Waals surface area contributed by atoms with Crippen molar-refractivity contribution in [1.29, 1.82) is 0 Å². The molecule has 1 fully saturated rings. The Hall–Kier alpha value is -1.58. The van der Waals surface area contributed by atoms with E-state index in [0.717, 1.165) is 43.2 Å². The summed E-state index contributed by atoms with van der Waals surface area (Å²) in [6, 6.07) is 1.94. The van der Waals surface area contributed by atoms with Crippen molar-refractivity contribution in [3.05, 3.63) is 23.5 Å². The van der Waals surface area contributed by atoms with Crippen LogP contribution in [0.5, 0.6) is 0 Å². The molecule has 1 aromatic heterocycles. The number of rotatable bonds is 8. The van der Waals surface area contributed by atoms with Gasteiger partial charge >= 0.3 is 0 Å². The van der Waals surface area contributed by atoms with Crippen LogP contribution in [0.1, 0.15) is 55.1 Å². The predicted octanol–water partition coefficient (Wildman–Crippen LogP) is 3.13. The number of carbonyl (C=O) groups excluding carboxylic acids is 1. The van der Waals surface area contributed by atoms with E-state index in [2.05, 4.69) is 22.5 Å². The van der Waals surface area contributed by atoms with E-state index in [4.69, 9.17) is 0 Å². The van der Waals surface area contributed by atoms with E-state index in [1.165, 1.54) is 19.3 Å². The van der Waals surface area contributed by atoms with Gasteiger partial charge in [-0.25, -0.2) is 0 Å². The molecule has 4 nitrogen and oxygen atoms in total. The van der Waals surface area contributed by atoms with Crippen LogP contribution in [-0.4, -0.2) is 24.0 Å². The molecule has 0 spiro atoms. The number of aryl methyl sites for hydroxylation is 1. The average molecular weight is 275 g/mol. The van der Waals surface area contributed by atoms with Crippen molar-refractivity contribution in [3.8, 4) is 0 Å². The molecule has 1 aromatic rings. The van der Waals surface area contributed by atoms with Crippen molar-refractivity contribution in [2.45, 2.75) is 46.0 Å². The van der Waals surface area contributed by atoms with Crippen LogP contribution in [0.3, 0.4) is 0 Å². The number of hydrogen-bond donors (Lipinski definition) is 2. The van der Waals surface area contributed by atoms with Crippen molar-refractivity contribution in [3.63, 3.8) is 0 Å². The second kappa shape index (κ2) is 7.27. The molecule has 0 bridgehead atoms. The Morgan fingerprint density at radius 3 is 2.90 bits per heavy atom. The third kappa shape index (κ3) is 4.51. The van der Waals surface area contributed by atoms with Crippen LogP contribution >= 0.6 is 0 Å². The minimum Gasteiger partial charge on any atom is -0.384 e. The van der Waals surface area contributed by atoms with Crippen molar-refractivity contribution in [2.75, 3.05) is 18.4 Å². The Kier molecular flexibility index (Phi) is 5.39. The van der Waals surface area contributed by atoms with E-state index in [-0.39, 0.29) is 5.91 Å². The summed E-state index contributed by atoms with van der Waals surface area (Å²) < 4.78 is 0. The summed E-state index contributed by atoms with van der Waals surface area (Å²) in [5, 5.41) is 6.30. The third-order valence-corrected chi connectivity index (χ3v) is 3.62. The molecule has 2 rings (SSSR count). The molecule has 4 heteroatoms. The molecular formula is C16H25N3O. The van der Waals surface area contributed by atoms with E-state index in [9.17, 15) is 4.79 Å². The molecule has 0 saturated heterocycles. The van der Waals surface area contributed by atoms with Crippen LogP contribution in [0.25, 0.3) is 0 Å². The van der Waals surface area contributed by atoms with Crippen LogP contribution in [0.4, 0.5) is 5.69 Å². The van der Waals surface area contributed by atoms with Gasteiger partial charge in [0.05, 0.1) is 11.3 Å². The third-order valence-electron chi connectivity index (χ3n) is 3.62. The van der Waals surface area contributed by atoms with Gasteiger partial charge in [0.25, 0.3) is 5.91 Å². The molecule has 0 aromatic carbocycles. The lowest BCUT2D eigenvalue weighted by molar-refractivity contribution is 0.0953. The van der Waals surface area contributed by atoms with Gasteiger partial charge in [-0.15, -0.1) is 0 Å². The van der Waals surface area contributed by atoms with E-state index in [1.54, 1.807) is 6.20 Å². The minimum atomic E-state index is -0.0214. The number of aromatic nitrogens is 1. The molecular weight excluding hydrogens is 250 g/mol. The first-order chi connectivity index (χ1) is 9.70. The van der Waals surface area contributed by atoms with Crippen molar-refractivity contribution >= 4 is 11.6 Å². The molecule has 2 N–H and O–H groups in total. The second-order valence-corrected chi connectivity index (χ2v) is 5.64. The van der Waals surface area contributed by atoms with Crippen LogP contribution in [-0.2, 0) is 0 Å². The number of pyridine rings is 1. The lowest BCUT2D eigenvalue weighted by Gasteiger charge is -2.12. The Bertz CT molecular complexity index is 455. The molecule has 1 saturated carbocycles. The number of carbonyl (C=O) groups is 1. The average Bonchev–Trinajstić information content (AvgIpc) is 3.25. The van der Waals surface area contributed by atoms with E-state index < -0.39 is 0 Å². The Morgan fingerprint density at radius 2 is 2.20 bits per heavy atom. The summed E-state index contributed by atoms with van der Waals surface area (Å²) >= 11 is 0. The fourth-order valence-electron chi connectivity index (χ4n) is 2.24. The summed E-state index contributed by atoms with van der Waals surface area (Å²) in [4.78, 5) is 16.4. The molecule has 1 amide bonds. The second-order valence-electron chi connectivity index (χ2n) is 5.64. The molecule has 110 valence electrons. The maximum Gasteiger partial charge on any atom is 0.254 e. The highest BCUT2D eigenvalue weighted by atomic mass is 16.1. The Morgan fingerprint density at radius 1 is 1.40 bits per heavy atom. The van der Waals surface area contributed by atoms with E-state index in [1.807, 2.05) is 13.0 Å². The lowest BCUT2D eigenvalue weighted by Crippen LogP contribution is -2.26. The Labute approximate surface area is 121 Å². The summed E-state index contributed by atoms with van der Waals surface area (Å²) in [5.41, 5.74) is 2.46. The fraction of sp³-hybridized carbons (Fsp3) is 0.625. The SMILES string of the molecule is CCCNc1cc(C)ncc1C(=O)NCCCC1CC1. The highest BCUT2D eigenvalue weighted by Gasteiger charge is 2.20. The van der Waals surface area contributed by atoms with Gasteiger partial charge in [-0.3, -0.25) is 9.78 Å². The van der Waals surface area contributed by atoms with Gasteiger partial charge in [-0.05, 0) is 38.2 Å². The van der Waals surface area contributed by atoms with Crippen LogP contribution in [0, 0.1) is 12.8 Å². The number of nitrogens with one attached hydrogen (secondary N) is 2. The van der Waals surface area contributed by atoms with E-state index in [0.29, 0.717) is 5.56 Å². The quantitative estimate of drug-likeness (QED) is 0.717. The van der Waals surface area contributed by atoms with Gasteiger partial charge in [-0.1, -0.05) is 19.8 Å². The predicted molar refractivity (Wildman–Crippen MR) is 82.0 cm³/mol. The number of anilines is 1. The fourth-order valence-corrected chi connectivity index (χ4v) is 2.24. The van der Waals surface area contributed by atoms with E-state index >= 15 is 0 Å². The molecule has 1 heterocycles. The molecule has 20 heavy (non-hydrogen) atoms. The summed E-state index contributed by atoms with van der Waals surface area (Å²) in [5.74, 6) is 0.904. The van der Waals surface area contributed by atoms with Crippen LogP contribution in [0.2, 0.25) is 0 Å². The van der Waals surface area contributed by atoms with Gasteiger partial charge in [0.15, 0.2) is 0 Å². The largest absolute Gasteiger partial charge is 0.384 e. The smallest absolute Gasteiger partial charge is 0.254 e. The number of amides is 1. The van der Waals surface area contributed by atoms with Crippen LogP contribution < -0.4 is 10.6 Å². The van der Waals surface area contributed by atoms with Gasteiger partial charge in [0.2, 0.25) is 0 Å². The Balaban J connectivity index is 1.89. The summed E-state index contributed by atoms with van der Waals surface area (Å²) in [6.45, 7) is 5.68. The van der Waals surface area contributed by atoms with Crippen molar-refractivity contribution in [1.82, 2.24) is 10.3 Å². The molecule has 1 aliphatic rings. The van der Waals surface area contributed by atoms with Crippen LogP contribution in [0.15, 0.2) is 12.3 Å². The first kappa shape index (κ1) is 14.8. The van der Waals surface area contributed by atoms with Gasteiger partial charge in [0.1, 0.15) is 0 Å². The number of nitrogens with zero attached hydrogens (tertiary/aromatic N) is 1. The zero-order chi connectivity index (χ0) is 14.4. The lowest BCUT2D eigenvalue weighted by atomic mass is 10.1. The molecule has 0 radical (unpaired) electrons. The molecule has 1 aliphatic carbocycles. The first-order valence-corrected chi connectivity index (χ1v) is 7.69. The van der Waals surface area contributed by atoms with Crippen molar-refractivity contribution < 1.29 is 4.79 Å². The molecule has 0 aliphatic heterocycles. The first-order valence-electron chi connectivity index (χ1n) is 7.69. The monoisotopic (exact) mass is 275 g/mol. The molecule has 0 unspecified atom stereocenters. The maximum absolute atomic E-state index is 12.2. The summed E-state index contributed by atoms with van der Waals surface area (Å²) in [7, 11) is 0. The molecule has 0 atom stereocenters. The zero-order valence-electron chi connectivity index (χ0n) is 12.5. The minimum absolute atomic E-state index is 0.0214. The van der Waals surface area contributed by atoms with Gasteiger partial charge in [-0.2, -0.15) is 0 Å². The number of hydrogen-bond acceptors (Lipinski definition) is 3. The van der Waals surface area contributed by atoms with Gasteiger partial charge < -0.3 is 10.6 Å². The van der Waals surface area contributed by atoms with Crippen molar-refractivity contribution in [2.24, 2.45) is 5.92 Å². The topological polar surface area (TPSA) is 54.0 Å². The normalized spacial score (nSPS) is 14.1. The summed E-state index contributed by atoms with van der Waals surface area (Å²) in [6.07, 6.45) is 7.77. The highest BCUT2D eigenvalue weighted by molar-refractivity contribution is 5.99. The van der Waals surface area contributed by atoms with Gasteiger partial charge in [0, 0.05) is 25.0 Å². The zero-order valence-corrected chi connectivity index (χ0v) is 12.5.